The van der Waals surface area contributed by atoms with Crippen LogP contribution in [0.15, 0.2) is 6.07 Å². The summed E-state index contributed by atoms with van der Waals surface area (Å²) in [7, 11) is 1.89. The zero-order valence-electron chi connectivity index (χ0n) is 15.8. The largest absolute Gasteiger partial charge is 0.322 e. The molecule has 0 spiro atoms. The Balaban J connectivity index is 1.67. The number of nitrogens with zero attached hydrogens (tertiary/aromatic N) is 4. The number of H-pyrrole nitrogens is 1. The SMILES string of the molecule is Cc1cc(C2CCCN(C(C)C(=O)Nc3c(C)nn(C)c3C)C2)n[nH]1. The van der Waals surface area contributed by atoms with Gasteiger partial charge < -0.3 is 5.32 Å². The minimum atomic E-state index is -0.179. The maximum Gasteiger partial charge on any atom is 0.241 e. The molecule has 1 amide bonds. The number of nitrogens with one attached hydrogen (secondary N) is 2. The van der Waals surface area contributed by atoms with Gasteiger partial charge in [0.2, 0.25) is 5.91 Å². The molecule has 1 aliphatic heterocycles. The average Bonchev–Trinajstić information content (AvgIpc) is 3.13. The molecule has 2 unspecified atom stereocenters. The lowest BCUT2D eigenvalue weighted by atomic mass is 9.93. The molecule has 2 aromatic rings. The maximum atomic E-state index is 12.8. The number of anilines is 1. The van der Waals surface area contributed by atoms with E-state index in [9.17, 15) is 4.79 Å². The number of aromatic nitrogens is 4. The van der Waals surface area contributed by atoms with E-state index in [-0.39, 0.29) is 11.9 Å². The summed E-state index contributed by atoms with van der Waals surface area (Å²) in [6, 6.07) is 1.93. The zero-order valence-corrected chi connectivity index (χ0v) is 15.8. The van der Waals surface area contributed by atoms with E-state index in [1.807, 2.05) is 34.7 Å². The molecule has 0 radical (unpaired) electrons. The Morgan fingerprint density at radius 2 is 2.16 bits per heavy atom. The van der Waals surface area contributed by atoms with E-state index in [1.165, 1.54) is 0 Å². The first-order chi connectivity index (χ1) is 11.9. The minimum absolute atomic E-state index is 0.0260. The van der Waals surface area contributed by atoms with Gasteiger partial charge in [0.25, 0.3) is 0 Å². The number of carbonyl (C=O) groups is 1. The Bertz CT molecular complexity index is 762. The molecule has 1 aliphatic rings. The fourth-order valence-electron chi connectivity index (χ4n) is 3.60. The number of hydrogen-bond acceptors (Lipinski definition) is 4. The maximum absolute atomic E-state index is 12.8. The Labute approximate surface area is 148 Å². The summed E-state index contributed by atoms with van der Waals surface area (Å²) in [6.45, 7) is 9.70. The predicted molar refractivity (Wildman–Crippen MR) is 97.6 cm³/mol. The monoisotopic (exact) mass is 344 g/mol. The van der Waals surface area contributed by atoms with Gasteiger partial charge >= 0.3 is 0 Å². The highest BCUT2D eigenvalue weighted by molar-refractivity contribution is 5.95. The molecular formula is C18H28N6O. The lowest BCUT2D eigenvalue weighted by Crippen LogP contribution is -2.46. The van der Waals surface area contributed by atoms with Crippen LogP contribution >= 0.6 is 0 Å². The molecule has 7 heteroatoms. The van der Waals surface area contributed by atoms with Gasteiger partial charge in [-0.3, -0.25) is 19.5 Å². The standard InChI is InChI=1S/C18H28N6O/c1-11-9-16(21-20-11)15-7-6-8-24(10-15)14(4)18(25)19-17-12(2)22-23(5)13(17)3/h9,14-15H,6-8,10H2,1-5H3,(H,19,25)(H,20,21). The van der Waals surface area contributed by atoms with Crippen molar-refractivity contribution in [3.8, 4) is 0 Å². The van der Waals surface area contributed by atoms with Gasteiger partial charge in [-0.15, -0.1) is 0 Å². The smallest absolute Gasteiger partial charge is 0.241 e. The van der Waals surface area contributed by atoms with Crippen molar-refractivity contribution >= 4 is 11.6 Å². The molecule has 3 rings (SSSR count). The third-order valence-electron chi connectivity index (χ3n) is 5.28. The fraction of sp³-hybridized carbons (Fsp3) is 0.611. The molecule has 1 saturated heterocycles. The molecule has 2 aromatic heterocycles. The van der Waals surface area contributed by atoms with E-state index in [0.717, 1.165) is 54.4 Å². The lowest BCUT2D eigenvalue weighted by Gasteiger charge is -2.35. The number of likely N-dealkylation sites (tertiary alicyclic amines) is 1. The summed E-state index contributed by atoms with van der Waals surface area (Å²) in [6.07, 6.45) is 2.20. The minimum Gasteiger partial charge on any atom is -0.322 e. The number of rotatable bonds is 4. The first-order valence-corrected chi connectivity index (χ1v) is 8.93. The highest BCUT2D eigenvalue weighted by Crippen LogP contribution is 2.27. The van der Waals surface area contributed by atoms with Crippen molar-refractivity contribution in [3.63, 3.8) is 0 Å². The Morgan fingerprint density at radius 1 is 1.40 bits per heavy atom. The van der Waals surface area contributed by atoms with Gasteiger partial charge in [0.1, 0.15) is 0 Å². The van der Waals surface area contributed by atoms with Crippen LogP contribution in [0.1, 0.15) is 48.5 Å². The van der Waals surface area contributed by atoms with Crippen molar-refractivity contribution in [3.05, 3.63) is 28.8 Å². The zero-order chi connectivity index (χ0) is 18.1. The summed E-state index contributed by atoms with van der Waals surface area (Å²) in [5.41, 5.74) is 4.84. The van der Waals surface area contributed by atoms with Crippen LogP contribution in [0, 0.1) is 20.8 Å². The second-order valence-corrected chi connectivity index (χ2v) is 7.14. The molecule has 25 heavy (non-hydrogen) atoms. The van der Waals surface area contributed by atoms with Gasteiger partial charge in [0, 0.05) is 25.2 Å². The van der Waals surface area contributed by atoms with E-state index in [2.05, 4.69) is 31.6 Å². The molecule has 3 heterocycles. The van der Waals surface area contributed by atoms with Crippen LogP contribution in [-0.4, -0.2) is 49.9 Å². The highest BCUT2D eigenvalue weighted by Gasteiger charge is 2.29. The summed E-state index contributed by atoms with van der Waals surface area (Å²) in [5, 5.41) is 14.9. The third-order valence-corrected chi connectivity index (χ3v) is 5.28. The van der Waals surface area contributed by atoms with E-state index in [1.54, 1.807) is 4.68 Å². The molecule has 7 nitrogen and oxygen atoms in total. The topological polar surface area (TPSA) is 78.8 Å². The Kier molecular flexibility index (Phi) is 4.94. The van der Waals surface area contributed by atoms with Crippen LogP contribution in [0.5, 0.6) is 0 Å². The van der Waals surface area contributed by atoms with Gasteiger partial charge in [-0.1, -0.05) is 0 Å². The summed E-state index contributed by atoms with van der Waals surface area (Å²) >= 11 is 0. The molecule has 0 aromatic carbocycles. The van der Waals surface area contributed by atoms with Crippen LogP contribution in [0.4, 0.5) is 5.69 Å². The first-order valence-electron chi connectivity index (χ1n) is 8.93. The third kappa shape index (κ3) is 3.61. The Morgan fingerprint density at radius 3 is 2.76 bits per heavy atom. The number of hydrogen-bond donors (Lipinski definition) is 2. The van der Waals surface area contributed by atoms with Gasteiger partial charge in [-0.05, 0) is 53.1 Å². The second-order valence-electron chi connectivity index (χ2n) is 7.14. The predicted octanol–water partition coefficient (Wildman–Crippen LogP) is 2.28. The highest BCUT2D eigenvalue weighted by atomic mass is 16.2. The summed E-state index contributed by atoms with van der Waals surface area (Å²) < 4.78 is 1.80. The summed E-state index contributed by atoms with van der Waals surface area (Å²) in [5.74, 6) is 0.411. The Hall–Kier alpha value is -2.15. The van der Waals surface area contributed by atoms with E-state index in [0.29, 0.717) is 5.92 Å². The van der Waals surface area contributed by atoms with Gasteiger partial charge in [-0.25, -0.2) is 0 Å². The van der Waals surface area contributed by atoms with Crippen molar-refractivity contribution in [2.75, 3.05) is 18.4 Å². The molecule has 1 fully saturated rings. The van der Waals surface area contributed by atoms with Gasteiger partial charge in [0.15, 0.2) is 0 Å². The second kappa shape index (κ2) is 7.00. The first kappa shape index (κ1) is 17.7. The van der Waals surface area contributed by atoms with Crippen LogP contribution in [0.3, 0.4) is 0 Å². The van der Waals surface area contributed by atoms with Crippen molar-refractivity contribution in [1.29, 1.82) is 0 Å². The van der Waals surface area contributed by atoms with Gasteiger partial charge in [-0.2, -0.15) is 10.2 Å². The molecular weight excluding hydrogens is 316 g/mol. The van der Waals surface area contributed by atoms with E-state index >= 15 is 0 Å². The molecule has 0 saturated carbocycles. The molecule has 0 aliphatic carbocycles. The van der Waals surface area contributed by atoms with E-state index < -0.39 is 0 Å². The van der Waals surface area contributed by atoms with Crippen molar-refractivity contribution in [2.45, 2.75) is 52.5 Å². The van der Waals surface area contributed by atoms with Crippen molar-refractivity contribution in [1.82, 2.24) is 24.9 Å². The lowest BCUT2D eigenvalue weighted by molar-refractivity contribution is -0.121. The molecule has 136 valence electrons. The quantitative estimate of drug-likeness (QED) is 0.892. The summed E-state index contributed by atoms with van der Waals surface area (Å²) in [4.78, 5) is 15.0. The number of piperidine rings is 1. The van der Waals surface area contributed by atoms with Crippen LogP contribution in [-0.2, 0) is 11.8 Å². The normalized spacial score (nSPS) is 19.8. The molecule has 0 bridgehead atoms. The molecule has 2 N–H and O–H groups in total. The average molecular weight is 344 g/mol. The number of aryl methyl sites for hydroxylation is 3. The van der Waals surface area contributed by atoms with E-state index in [4.69, 9.17) is 0 Å². The van der Waals surface area contributed by atoms with Crippen LogP contribution in [0.25, 0.3) is 0 Å². The molecule has 2 atom stereocenters. The van der Waals surface area contributed by atoms with Crippen LogP contribution in [0.2, 0.25) is 0 Å². The number of carbonyl (C=O) groups excluding carboxylic acids is 1. The fourth-order valence-corrected chi connectivity index (χ4v) is 3.60. The van der Waals surface area contributed by atoms with Crippen molar-refractivity contribution in [2.24, 2.45) is 7.05 Å². The van der Waals surface area contributed by atoms with Gasteiger partial charge in [0.05, 0.1) is 28.8 Å². The van der Waals surface area contributed by atoms with Crippen LogP contribution < -0.4 is 5.32 Å². The van der Waals surface area contributed by atoms with Crippen molar-refractivity contribution < 1.29 is 4.79 Å². The number of aromatic amines is 1. The number of amides is 1.